The number of pyridine rings is 1. The number of nitrogens with zero attached hydrogens (tertiary/aromatic N) is 2. The van der Waals surface area contributed by atoms with Crippen molar-refractivity contribution in [3.8, 4) is 11.8 Å². The maximum atomic E-state index is 8.99. The summed E-state index contributed by atoms with van der Waals surface area (Å²) in [5, 5.41) is 8.99. The molecule has 0 radical (unpaired) electrons. The van der Waals surface area contributed by atoms with Crippen LogP contribution in [-0.2, 0) is 0 Å². The predicted molar refractivity (Wildman–Crippen MR) is 90.9 cm³/mol. The first-order valence-corrected chi connectivity index (χ1v) is 8.67. The molecular weight excluding hydrogens is 272 g/mol. The molecule has 1 aromatic rings. The smallest absolute Gasteiger partial charge is 0.139 e. The van der Waals surface area contributed by atoms with Crippen molar-refractivity contribution in [2.75, 3.05) is 0 Å². The zero-order valence-corrected chi connectivity index (χ0v) is 14.4. The van der Waals surface area contributed by atoms with Crippen molar-refractivity contribution >= 4 is 0 Å². The van der Waals surface area contributed by atoms with Gasteiger partial charge in [0.15, 0.2) is 0 Å². The molecule has 0 bridgehead atoms. The Kier molecular flexibility index (Phi) is 8.58. The monoisotopic (exact) mass is 302 g/mol. The van der Waals surface area contributed by atoms with Gasteiger partial charge in [-0.1, -0.05) is 46.0 Å². The molecule has 0 aliphatic heterocycles. The fraction of sp³-hybridized carbons (Fsp3) is 0.684. The van der Waals surface area contributed by atoms with Gasteiger partial charge >= 0.3 is 0 Å². The van der Waals surface area contributed by atoms with E-state index in [-0.39, 0.29) is 5.60 Å². The maximum absolute atomic E-state index is 8.99. The van der Waals surface area contributed by atoms with Crippen molar-refractivity contribution in [2.24, 2.45) is 0 Å². The summed E-state index contributed by atoms with van der Waals surface area (Å²) in [4.78, 5) is 4.10. The lowest BCUT2D eigenvalue weighted by Crippen LogP contribution is -2.32. The van der Waals surface area contributed by atoms with Crippen LogP contribution in [-0.4, -0.2) is 10.6 Å². The summed E-state index contributed by atoms with van der Waals surface area (Å²) in [6.07, 6.45) is 14.1. The van der Waals surface area contributed by atoms with Gasteiger partial charge in [0.05, 0.1) is 11.8 Å². The van der Waals surface area contributed by atoms with Gasteiger partial charge in [0.1, 0.15) is 17.4 Å². The first-order chi connectivity index (χ1) is 10.6. The number of rotatable bonds is 11. The average Bonchev–Trinajstić information content (AvgIpc) is 2.52. The van der Waals surface area contributed by atoms with E-state index < -0.39 is 0 Å². The highest BCUT2D eigenvalue weighted by molar-refractivity contribution is 5.32. The molecule has 1 rings (SSSR count). The van der Waals surface area contributed by atoms with E-state index >= 15 is 0 Å². The third-order valence-corrected chi connectivity index (χ3v) is 4.07. The van der Waals surface area contributed by atoms with Crippen molar-refractivity contribution in [1.82, 2.24) is 4.98 Å². The van der Waals surface area contributed by atoms with Crippen LogP contribution < -0.4 is 4.74 Å². The zero-order chi connectivity index (χ0) is 16.3. The van der Waals surface area contributed by atoms with Crippen molar-refractivity contribution in [2.45, 2.75) is 84.2 Å². The number of unbranched alkanes of at least 4 members (excludes halogenated alkanes) is 5. The summed E-state index contributed by atoms with van der Waals surface area (Å²) in [7, 11) is 0. The van der Waals surface area contributed by atoms with E-state index in [4.69, 9.17) is 10.00 Å². The molecule has 3 nitrogen and oxygen atoms in total. The Morgan fingerprint density at radius 1 is 1.05 bits per heavy atom. The predicted octanol–water partition coefficient (Wildman–Crippen LogP) is 5.64. The highest BCUT2D eigenvalue weighted by Crippen LogP contribution is 2.29. The molecule has 0 aromatic carbocycles. The fourth-order valence-corrected chi connectivity index (χ4v) is 2.72. The molecule has 0 fully saturated rings. The van der Waals surface area contributed by atoms with Crippen LogP contribution in [0.1, 0.15) is 84.1 Å². The van der Waals surface area contributed by atoms with Crippen molar-refractivity contribution in [3.05, 3.63) is 24.0 Å². The quantitative estimate of drug-likeness (QED) is 0.497. The summed E-state index contributed by atoms with van der Waals surface area (Å²) in [5.74, 6) is 0.716. The van der Waals surface area contributed by atoms with Gasteiger partial charge < -0.3 is 4.74 Å². The van der Waals surface area contributed by atoms with Gasteiger partial charge in [0.2, 0.25) is 0 Å². The summed E-state index contributed by atoms with van der Waals surface area (Å²) < 4.78 is 6.26. The fourth-order valence-electron chi connectivity index (χ4n) is 2.72. The van der Waals surface area contributed by atoms with E-state index in [2.05, 4.69) is 31.8 Å². The van der Waals surface area contributed by atoms with Gasteiger partial charge in [0, 0.05) is 12.3 Å². The van der Waals surface area contributed by atoms with Crippen LogP contribution in [0.25, 0.3) is 0 Å². The third kappa shape index (κ3) is 6.93. The Hall–Kier alpha value is -1.56. The first-order valence-electron chi connectivity index (χ1n) is 8.67. The molecule has 1 unspecified atom stereocenters. The molecule has 0 saturated carbocycles. The standard InChI is InChI=1S/C19H30N2O/c1-4-6-8-10-12-19(3,11-9-7-5-2)22-18-13-17(14-20)15-21-16-18/h13,15-16H,4-12H2,1-3H3. The van der Waals surface area contributed by atoms with E-state index in [9.17, 15) is 0 Å². The normalized spacial score (nSPS) is 13.4. The highest BCUT2D eigenvalue weighted by atomic mass is 16.5. The number of aromatic nitrogens is 1. The number of nitriles is 1. The number of hydrogen-bond acceptors (Lipinski definition) is 3. The number of ether oxygens (including phenoxy) is 1. The average molecular weight is 302 g/mol. The van der Waals surface area contributed by atoms with Crippen LogP contribution in [0.15, 0.2) is 18.5 Å². The van der Waals surface area contributed by atoms with E-state index in [1.165, 1.54) is 44.9 Å². The zero-order valence-electron chi connectivity index (χ0n) is 14.4. The summed E-state index contributed by atoms with van der Waals surface area (Å²) in [5.41, 5.74) is 0.401. The summed E-state index contributed by atoms with van der Waals surface area (Å²) in [6.45, 7) is 6.66. The lowest BCUT2D eigenvalue weighted by atomic mass is 9.91. The molecule has 3 heteroatoms. The minimum atomic E-state index is -0.154. The molecule has 0 saturated heterocycles. The van der Waals surface area contributed by atoms with Crippen LogP contribution in [0.2, 0.25) is 0 Å². The van der Waals surface area contributed by atoms with Gasteiger partial charge in [-0.15, -0.1) is 0 Å². The second kappa shape index (κ2) is 10.2. The van der Waals surface area contributed by atoms with Gasteiger partial charge in [0.25, 0.3) is 0 Å². The van der Waals surface area contributed by atoms with E-state index in [0.29, 0.717) is 11.3 Å². The van der Waals surface area contributed by atoms with Crippen molar-refractivity contribution in [1.29, 1.82) is 5.26 Å². The van der Waals surface area contributed by atoms with Crippen molar-refractivity contribution in [3.63, 3.8) is 0 Å². The Morgan fingerprint density at radius 3 is 2.32 bits per heavy atom. The lowest BCUT2D eigenvalue weighted by Gasteiger charge is -2.31. The largest absolute Gasteiger partial charge is 0.486 e. The summed E-state index contributed by atoms with van der Waals surface area (Å²) >= 11 is 0. The Balaban J connectivity index is 2.68. The van der Waals surface area contributed by atoms with Gasteiger partial charge in [-0.05, 0) is 32.6 Å². The third-order valence-electron chi connectivity index (χ3n) is 4.07. The lowest BCUT2D eigenvalue weighted by molar-refractivity contribution is 0.0634. The SMILES string of the molecule is CCCCCCC(C)(CCCCC)Oc1cncc(C#N)c1. The van der Waals surface area contributed by atoms with Gasteiger partial charge in [-0.25, -0.2) is 0 Å². The number of hydrogen-bond donors (Lipinski definition) is 0. The molecule has 22 heavy (non-hydrogen) atoms. The Labute approximate surface area is 135 Å². The van der Waals surface area contributed by atoms with Crippen LogP contribution in [0.4, 0.5) is 0 Å². The first kappa shape index (κ1) is 18.5. The van der Waals surface area contributed by atoms with Crippen LogP contribution in [0.3, 0.4) is 0 Å². The maximum Gasteiger partial charge on any atom is 0.139 e. The Bertz CT molecular complexity index is 467. The molecule has 0 aliphatic rings. The summed E-state index contributed by atoms with van der Waals surface area (Å²) in [6, 6.07) is 3.91. The van der Waals surface area contributed by atoms with E-state index in [1.54, 1.807) is 18.5 Å². The molecule has 122 valence electrons. The van der Waals surface area contributed by atoms with Crippen LogP contribution in [0.5, 0.6) is 5.75 Å². The van der Waals surface area contributed by atoms with Crippen molar-refractivity contribution < 1.29 is 4.74 Å². The molecule has 0 aliphatic carbocycles. The van der Waals surface area contributed by atoms with Gasteiger partial charge in [-0.3, -0.25) is 4.98 Å². The van der Waals surface area contributed by atoms with Crippen LogP contribution in [0, 0.1) is 11.3 Å². The molecule has 1 aromatic heterocycles. The van der Waals surface area contributed by atoms with Crippen LogP contribution >= 0.6 is 0 Å². The topological polar surface area (TPSA) is 45.9 Å². The second-order valence-corrected chi connectivity index (χ2v) is 6.34. The molecule has 0 N–H and O–H groups in total. The van der Waals surface area contributed by atoms with E-state index in [1.807, 2.05) is 0 Å². The van der Waals surface area contributed by atoms with Gasteiger partial charge in [-0.2, -0.15) is 5.26 Å². The minimum Gasteiger partial charge on any atom is -0.486 e. The minimum absolute atomic E-state index is 0.154. The molecular formula is C19H30N2O. The highest BCUT2D eigenvalue weighted by Gasteiger charge is 2.25. The Morgan fingerprint density at radius 2 is 1.68 bits per heavy atom. The molecule has 1 heterocycles. The second-order valence-electron chi connectivity index (χ2n) is 6.34. The van der Waals surface area contributed by atoms with E-state index in [0.717, 1.165) is 12.8 Å². The molecule has 0 spiro atoms. The molecule has 0 amide bonds. The molecule has 1 atom stereocenters.